The molecule has 0 unspecified atom stereocenters. The quantitative estimate of drug-likeness (QED) is 0.811. The van der Waals surface area contributed by atoms with Crippen LogP contribution in [0.2, 0.25) is 5.02 Å². The van der Waals surface area contributed by atoms with Crippen LogP contribution >= 0.6 is 11.6 Å². The van der Waals surface area contributed by atoms with E-state index in [-0.39, 0.29) is 5.82 Å². The Labute approximate surface area is 116 Å². The first-order valence-electron chi connectivity index (χ1n) is 5.87. The van der Waals surface area contributed by atoms with Gasteiger partial charge in [-0.3, -0.25) is 0 Å². The SMILES string of the molecule is CCOC(=O)c1nc(-c2ccc(Cl)c(C)c2)n(C)n1. The summed E-state index contributed by atoms with van der Waals surface area (Å²) in [5, 5.41) is 4.75. The van der Waals surface area contributed by atoms with Gasteiger partial charge in [0.25, 0.3) is 5.82 Å². The first-order valence-corrected chi connectivity index (χ1v) is 6.25. The lowest BCUT2D eigenvalue weighted by Gasteiger charge is -2.02. The molecule has 6 heteroatoms. The number of hydrogen-bond donors (Lipinski definition) is 0. The minimum atomic E-state index is -0.518. The van der Waals surface area contributed by atoms with E-state index >= 15 is 0 Å². The second-order valence-corrected chi connectivity index (χ2v) is 4.47. The van der Waals surface area contributed by atoms with E-state index < -0.39 is 5.97 Å². The summed E-state index contributed by atoms with van der Waals surface area (Å²) in [6, 6.07) is 5.54. The van der Waals surface area contributed by atoms with Crippen LogP contribution in [0.5, 0.6) is 0 Å². The number of halogens is 1. The molecule has 0 amide bonds. The molecule has 0 fully saturated rings. The molecule has 0 spiro atoms. The van der Waals surface area contributed by atoms with Gasteiger partial charge < -0.3 is 4.74 Å². The largest absolute Gasteiger partial charge is 0.460 e. The Morgan fingerprint density at radius 1 is 1.47 bits per heavy atom. The molecule has 0 aliphatic rings. The topological polar surface area (TPSA) is 57.0 Å². The highest BCUT2D eigenvalue weighted by Crippen LogP contribution is 2.23. The first kappa shape index (κ1) is 13.5. The molecule has 5 nitrogen and oxygen atoms in total. The predicted molar refractivity (Wildman–Crippen MR) is 72.1 cm³/mol. The Balaban J connectivity index is 2.40. The molecule has 0 aliphatic carbocycles. The molecule has 1 aromatic carbocycles. The molecule has 0 radical (unpaired) electrons. The third-order valence-corrected chi connectivity index (χ3v) is 3.06. The molecule has 100 valence electrons. The van der Waals surface area contributed by atoms with Crippen LogP contribution in [0.1, 0.15) is 23.1 Å². The van der Waals surface area contributed by atoms with Crippen LogP contribution in [0.3, 0.4) is 0 Å². The highest BCUT2D eigenvalue weighted by molar-refractivity contribution is 6.31. The van der Waals surface area contributed by atoms with Gasteiger partial charge in [0.1, 0.15) is 0 Å². The highest BCUT2D eigenvalue weighted by Gasteiger charge is 2.17. The molecule has 0 N–H and O–H groups in total. The van der Waals surface area contributed by atoms with Crippen LogP contribution in [0.4, 0.5) is 0 Å². The van der Waals surface area contributed by atoms with Crippen LogP contribution in [0, 0.1) is 6.92 Å². The molecule has 2 aromatic rings. The number of nitrogens with zero attached hydrogens (tertiary/aromatic N) is 3. The third kappa shape index (κ3) is 2.76. The standard InChI is InChI=1S/C13H14ClN3O2/c1-4-19-13(18)11-15-12(17(3)16-11)9-5-6-10(14)8(2)7-9/h5-7H,4H2,1-3H3. The molecule has 1 aromatic heterocycles. The average Bonchev–Trinajstić information content (AvgIpc) is 2.75. The summed E-state index contributed by atoms with van der Waals surface area (Å²) in [4.78, 5) is 15.8. The zero-order valence-electron chi connectivity index (χ0n) is 11.0. The van der Waals surface area contributed by atoms with E-state index in [1.807, 2.05) is 19.1 Å². The number of carbonyl (C=O) groups excluding carboxylic acids is 1. The summed E-state index contributed by atoms with van der Waals surface area (Å²) in [5.41, 5.74) is 1.80. The number of carbonyl (C=O) groups is 1. The molecule has 0 atom stereocenters. The van der Waals surface area contributed by atoms with Gasteiger partial charge in [0.15, 0.2) is 5.82 Å². The fourth-order valence-corrected chi connectivity index (χ4v) is 1.82. The lowest BCUT2D eigenvalue weighted by Crippen LogP contribution is -2.07. The monoisotopic (exact) mass is 279 g/mol. The van der Waals surface area contributed by atoms with Crippen molar-refractivity contribution in [3.8, 4) is 11.4 Å². The fourth-order valence-electron chi connectivity index (χ4n) is 1.70. The van der Waals surface area contributed by atoms with E-state index in [9.17, 15) is 4.79 Å². The zero-order valence-corrected chi connectivity index (χ0v) is 11.7. The summed E-state index contributed by atoms with van der Waals surface area (Å²) in [7, 11) is 1.73. The van der Waals surface area contributed by atoms with Gasteiger partial charge in [0.05, 0.1) is 6.61 Å². The van der Waals surface area contributed by atoms with Crippen LogP contribution in [0.25, 0.3) is 11.4 Å². The fraction of sp³-hybridized carbons (Fsp3) is 0.308. The van der Waals surface area contributed by atoms with E-state index in [4.69, 9.17) is 16.3 Å². The van der Waals surface area contributed by atoms with E-state index in [1.54, 1.807) is 24.7 Å². The lowest BCUT2D eigenvalue weighted by molar-refractivity contribution is 0.0512. The Morgan fingerprint density at radius 2 is 2.21 bits per heavy atom. The van der Waals surface area contributed by atoms with Crippen molar-refractivity contribution in [1.29, 1.82) is 0 Å². The maximum atomic E-state index is 11.6. The van der Waals surface area contributed by atoms with Crippen molar-refractivity contribution in [3.63, 3.8) is 0 Å². The third-order valence-electron chi connectivity index (χ3n) is 2.64. The number of esters is 1. The molecular weight excluding hydrogens is 266 g/mol. The second-order valence-electron chi connectivity index (χ2n) is 4.07. The van der Waals surface area contributed by atoms with Gasteiger partial charge in [-0.1, -0.05) is 11.6 Å². The van der Waals surface area contributed by atoms with Crippen molar-refractivity contribution in [1.82, 2.24) is 14.8 Å². The normalized spacial score (nSPS) is 10.5. The molecule has 0 saturated heterocycles. The zero-order chi connectivity index (χ0) is 14.0. The smallest absolute Gasteiger partial charge is 0.378 e. The Kier molecular flexibility index (Phi) is 3.85. The van der Waals surface area contributed by atoms with Gasteiger partial charge in [-0.05, 0) is 37.6 Å². The number of aromatic nitrogens is 3. The van der Waals surface area contributed by atoms with Gasteiger partial charge >= 0.3 is 5.97 Å². The van der Waals surface area contributed by atoms with Gasteiger partial charge in [-0.2, -0.15) is 0 Å². The minimum absolute atomic E-state index is 0.0620. The Hall–Kier alpha value is -1.88. The van der Waals surface area contributed by atoms with E-state index in [0.29, 0.717) is 17.5 Å². The van der Waals surface area contributed by atoms with Crippen molar-refractivity contribution in [3.05, 3.63) is 34.6 Å². The second kappa shape index (κ2) is 5.40. The number of aryl methyl sites for hydroxylation is 2. The summed E-state index contributed by atoms with van der Waals surface area (Å²) in [6.45, 7) is 3.95. The van der Waals surface area contributed by atoms with Crippen molar-refractivity contribution >= 4 is 17.6 Å². The van der Waals surface area contributed by atoms with Gasteiger partial charge in [-0.25, -0.2) is 14.5 Å². The molecule has 2 rings (SSSR count). The maximum Gasteiger partial charge on any atom is 0.378 e. The maximum absolute atomic E-state index is 11.6. The number of ether oxygens (including phenoxy) is 1. The van der Waals surface area contributed by atoms with E-state index in [2.05, 4.69) is 10.1 Å². The molecule has 0 bridgehead atoms. The summed E-state index contributed by atoms with van der Waals surface area (Å²) in [5.74, 6) is 0.143. The summed E-state index contributed by atoms with van der Waals surface area (Å²) < 4.78 is 6.43. The number of benzene rings is 1. The molecule has 19 heavy (non-hydrogen) atoms. The highest BCUT2D eigenvalue weighted by atomic mass is 35.5. The van der Waals surface area contributed by atoms with Crippen molar-refractivity contribution in [2.75, 3.05) is 6.61 Å². The summed E-state index contributed by atoms with van der Waals surface area (Å²) >= 11 is 5.99. The van der Waals surface area contributed by atoms with Crippen LogP contribution in [-0.2, 0) is 11.8 Å². The number of hydrogen-bond acceptors (Lipinski definition) is 4. The average molecular weight is 280 g/mol. The minimum Gasteiger partial charge on any atom is -0.460 e. The Bertz CT molecular complexity index is 622. The van der Waals surface area contributed by atoms with E-state index in [1.165, 1.54) is 0 Å². The van der Waals surface area contributed by atoms with Crippen LogP contribution < -0.4 is 0 Å². The van der Waals surface area contributed by atoms with Crippen molar-refractivity contribution in [2.24, 2.45) is 7.05 Å². The summed E-state index contributed by atoms with van der Waals surface area (Å²) in [6.07, 6.45) is 0. The molecule has 0 saturated carbocycles. The van der Waals surface area contributed by atoms with Crippen LogP contribution in [0.15, 0.2) is 18.2 Å². The van der Waals surface area contributed by atoms with Crippen LogP contribution in [-0.4, -0.2) is 27.3 Å². The molecular formula is C13H14ClN3O2. The number of rotatable bonds is 3. The molecule has 0 aliphatic heterocycles. The van der Waals surface area contributed by atoms with Gasteiger partial charge in [0, 0.05) is 17.6 Å². The van der Waals surface area contributed by atoms with Crippen molar-refractivity contribution < 1.29 is 9.53 Å². The first-order chi connectivity index (χ1) is 9.02. The van der Waals surface area contributed by atoms with Crippen molar-refractivity contribution in [2.45, 2.75) is 13.8 Å². The lowest BCUT2D eigenvalue weighted by atomic mass is 10.1. The molecule has 1 heterocycles. The van der Waals surface area contributed by atoms with Gasteiger partial charge in [-0.15, -0.1) is 5.10 Å². The Morgan fingerprint density at radius 3 is 2.84 bits per heavy atom. The van der Waals surface area contributed by atoms with E-state index in [0.717, 1.165) is 11.1 Å². The van der Waals surface area contributed by atoms with Gasteiger partial charge in [0.2, 0.25) is 0 Å². The predicted octanol–water partition coefficient (Wildman–Crippen LogP) is 2.62.